The summed E-state index contributed by atoms with van der Waals surface area (Å²) in [7, 11) is 0. The highest BCUT2D eigenvalue weighted by molar-refractivity contribution is 5.69. The molecule has 2 fully saturated rings. The molecule has 126 valence electrons. The summed E-state index contributed by atoms with van der Waals surface area (Å²) in [6, 6.07) is 4.77. The van der Waals surface area contributed by atoms with Crippen LogP contribution in [-0.4, -0.2) is 34.2 Å². The van der Waals surface area contributed by atoms with E-state index in [2.05, 4.69) is 16.4 Å². The minimum atomic E-state index is -0.459. The summed E-state index contributed by atoms with van der Waals surface area (Å²) in [5.74, 6) is 0.931. The van der Waals surface area contributed by atoms with Crippen LogP contribution in [0.5, 0.6) is 0 Å². The average Bonchev–Trinajstić information content (AvgIpc) is 2.91. The Balaban J connectivity index is 1.65. The summed E-state index contributed by atoms with van der Waals surface area (Å²) in [5.41, 5.74) is 0.631. The Morgan fingerprint density at radius 1 is 1.26 bits per heavy atom. The summed E-state index contributed by atoms with van der Waals surface area (Å²) in [5, 5.41) is 3.44. The largest absolute Gasteiger partial charge is 0.444 e. The van der Waals surface area contributed by atoms with E-state index in [1.807, 2.05) is 37.9 Å². The van der Waals surface area contributed by atoms with Gasteiger partial charge in [-0.15, -0.1) is 0 Å². The van der Waals surface area contributed by atoms with Crippen molar-refractivity contribution in [3.8, 4) is 0 Å². The van der Waals surface area contributed by atoms with Crippen LogP contribution in [0.15, 0.2) is 18.3 Å². The van der Waals surface area contributed by atoms with Crippen molar-refractivity contribution in [3.05, 3.63) is 23.9 Å². The summed E-state index contributed by atoms with van der Waals surface area (Å²) < 4.78 is 5.53. The van der Waals surface area contributed by atoms with Gasteiger partial charge in [0.2, 0.25) is 0 Å². The van der Waals surface area contributed by atoms with E-state index in [1.165, 1.54) is 19.3 Å². The Labute approximate surface area is 138 Å². The highest BCUT2D eigenvalue weighted by Crippen LogP contribution is 2.33. The minimum absolute atomic E-state index is 0.0788. The summed E-state index contributed by atoms with van der Waals surface area (Å²) in [6.07, 6.45) is 7.42. The van der Waals surface area contributed by atoms with E-state index >= 15 is 0 Å². The first-order chi connectivity index (χ1) is 10.9. The van der Waals surface area contributed by atoms with Crippen LogP contribution in [-0.2, 0) is 4.74 Å². The van der Waals surface area contributed by atoms with Crippen LogP contribution in [0.4, 0.5) is 10.6 Å². The lowest BCUT2D eigenvalue weighted by atomic mass is 9.93. The lowest BCUT2D eigenvalue weighted by molar-refractivity contribution is 0.0224. The molecule has 0 unspecified atom stereocenters. The Morgan fingerprint density at radius 3 is 2.61 bits per heavy atom. The number of anilines is 1. The molecule has 1 amide bonds. The van der Waals surface area contributed by atoms with Crippen LogP contribution in [0, 0.1) is 0 Å². The number of ether oxygens (including phenoxy) is 1. The lowest BCUT2D eigenvalue weighted by Gasteiger charge is -2.29. The van der Waals surface area contributed by atoms with E-state index in [9.17, 15) is 4.79 Å². The molecule has 0 aromatic carbocycles. The van der Waals surface area contributed by atoms with Gasteiger partial charge in [-0.2, -0.15) is 0 Å². The van der Waals surface area contributed by atoms with Crippen LogP contribution in [0.3, 0.4) is 0 Å². The van der Waals surface area contributed by atoms with E-state index in [1.54, 1.807) is 0 Å². The molecule has 1 aliphatic heterocycles. The zero-order valence-corrected chi connectivity index (χ0v) is 14.3. The molecule has 1 N–H and O–H groups in total. The first kappa shape index (κ1) is 16.1. The highest BCUT2D eigenvalue weighted by Gasteiger charge is 2.33. The molecule has 3 rings (SSSR count). The molecule has 0 radical (unpaired) electrons. The molecular weight excluding hydrogens is 290 g/mol. The maximum atomic E-state index is 12.4. The molecule has 0 spiro atoms. The SMILES string of the molecule is CC(C)(C)OC(=O)N1CCC[C@H]1c1ccc(NC2CCC2)nc1. The maximum Gasteiger partial charge on any atom is 0.410 e. The number of amides is 1. The highest BCUT2D eigenvalue weighted by atomic mass is 16.6. The molecule has 1 saturated heterocycles. The monoisotopic (exact) mass is 317 g/mol. The number of nitrogens with zero attached hydrogens (tertiary/aromatic N) is 2. The number of likely N-dealkylation sites (tertiary alicyclic amines) is 1. The fraction of sp³-hybridized carbons (Fsp3) is 0.667. The normalized spacial score (nSPS) is 21.9. The van der Waals surface area contributed by atoms with Crippen molar-refractivity contribution in [3.63, 3.8) is 0 Å². The molecule has 5 nitrogen and oxygen atoms in total. The second kappa shape index (κ2) is 6.38. The van der Waals surface area contributed by atoms with Crippen LogP contribution in [0.1, 0.15) is 64.5 Å². The van der Waals surface area contributed by atoms with Crippen LogP contribution in [0.25, 0.3) is 0 Å². The Hall–Kier alpha value is -1.78. The average molecular weight is 317 g/mol. The van der Waals surface area contributed by atoms with Crippen LogP contribution >= 0.6 is 0 Å². The van der Waals surface area contributed by atoms with Gasteiger partial charge < -0.3 is 15.0 Å². The number of carbonyl (C=O) groups is 1. The molecule has 1 aliphatic carbocycles. The molecule has 1 aromatic rings. The molecule has 1 saturated carbocycles. The van der Waals surface area contributed by atoms with Crippen LogP contribution < -0.4 is 5.32 Å². The fourth-order valence-electron chi connectivity index (χ4n) is 3.10. The van der Waals surface area contributed by atoms with E-state index in [0.717, 1.165) is 30.8 Å². The number of pyridine rings is 1. The van der Waals surface area contributed by atoms with Crippen molar-refractivity contribution in [2.45, 2.75) is 70.6 Å². The predicted molar refractivity (Wildman–Crippen MR) is 90.4 cm³/mol. The molecule has 2 heterocycles. The molecule has 23 heavy (non-hydrogen) atoms. The molecule has 2 aliphatic rings. The first-order valence-electron chi connectivity index (χ1n) is 8.64. The number of nitrogens with one attached hydrogen (secondary N) is 1. The Morgan fingerprint density at radius 2 is 2.04 bits per heavy atom. The second-order valence-corrected chi connectivity index (χ2v) is 7.58. The molecule has 5 heteroatoms. The van der Waals surface area contributed by atoms with Crippen molar-refractivity contribution in [1.82, 2.24) is 9.88 Å². The van der Waals surface area contributed by atoms with E-state index in [4.69, 9.17) is 4.74 Å². The van der Waals surface area contributed by atoms with Gasteiger partial charge in [-0.05, 0) is 64.5 Å². The Bertz CT molecular complexity index is 546. The predicted octanol–water partition coefficient (Wildman–Crippen LogP) is 4.12. The third-order valence-corrected chi connectivity index (χ3v) is 4.51. The van der Waals surface area contributed by atoms with Crippen molar-refractivity contribution in [2.24, 2.45) is 0 Å². The molecule has 1 aromatic heterocycles. The van der Waals surface area contributed by atoms with Gasteiger partial charge in [-0.3, -0.25) is 0 Å². The van der Waals surface area contributed by atoms with Crippen molar-refractivity contribution >= 4 is 11.9 Å². The fourth-order valence-corrected chi connectivity index (χ4v) is 3.10. The summed E-state index contributed by atoms with van der Waals surface area (Å²) in [4.78, 5) is 18.7. The van der Waals surface area contributed by atoms with Gasteiger partial charge in [-0.1, -0.05) is 6.07 Å². The standard InChI is InChI=1S/C18H27N3O2/c1-18(2,3)23-17(22)21-11-5-8-15(21)13-9-10-16(19-12-13)20-14-6-4-7-14/h9-10,12,14-15H,4-8,11H2,1-3H3,(H,19,20)/t15-/m0/s1. The molecular formula is C18H27N3O2. The van der Waals surface area contributed by atoms with Gasteiger partial charge in [-0.25, -0.2) is 9.78 Å². The third kappa shape index (κ3) is 3.95. The van der Waals surface area contributed by atoms with Gasteiger partial charge >= 0.3 is 6.09 Å². The van der Waals surface area contributed by atoms with Crippen molar-refractivity contribution in [2.75, 3.05) is 11.9 Å². The van der Waals surface area contributed by atoms with E-state index < -0.39 is 5.60 Å². The van der Waals surface area contributed by atoms with Gasteiger partial charge in [0, 0.05) is 18.8 Å². The van der Waals surface area contributed by atoms with Crippen LogP contribution in [0.2, 0.25) is 0 Å². The van der Waals surface area contributed by atoms with E-state index in [0.29, 0.717) is 6.04 Å². The van der Waals surface area contributed by atoms with Crippen molar-refractivity contribution in [1.29, 1.82) is 0 Å². The number of hydrogen-bond donors (Lipinski definition) is 1. The topological polar surface area (TPSA) is 54.5 Å². The van der Waals surface area contributed by atoms with Gasteiger partial charge in [0.15, 0.2) is 0 Å². The first-order valence-corrected chi connectivity index (χ1v) is 8.64. The third-order valence-electron chi connectivity index (χ3n) is 4.51. The summed E-state index contributed by atoms with van der Waals surface area (Å²) >= 11 is 0. The summed E-state index contributed by atoms with van der Waals surface area (Å²) in [6.45, 7) is 6.46. The van der Waals surface area contributed by atoms with Gasteiger partial charge in [0.05, 0.1) is 6.04 Å². The quantitative estimate of drug-likeness (QED) is 0.911. The number of aromatic nitrogens is 1. The molecule has 0 bridgehead atoms. The lowest BCUT2D eigenvalue weighted by Crippen LogP contribution is -2.36. The molecule has 1 atom stereocenters. The number of carbonyl (C=O) groups excluding carboxylic acids is 1. The van der Waals surface area contributed by atoms with Crippen molar-refractivity contribution < 1.29 is 9.53 Å². The Kier molecular flexibility index (Phi) is 4.46. The number of hydrogen-bond acceptors (Lipinski definition) is 4. The zero-order chi connectivity index (χ0) is 16.4. The number of rotatable bonds is 3. The van der Waals surface area contributed by atoms with E-state index in [-0.39, 0.29) is 12.1 Å². The maximum absolute atomic E-state index is 12.4. The minimum Gasteiger partial charge on any atom is -0.444 e. The zero-order valence-electron chi connectivity index (χ0n) is 14.3. The smallest absolute Gasteiger partial charge is 0.410 e. The van der Waals surface area contributed by atoms with Gasteiger partial charge in [0.25, 0.3) is 0 Å². The van der Waals surface area contributed by atoms with Gasteiger partial charge in [0.1, 0.15) is 11.4 Å². The second-order valence-electron chi connectivity index (χ2n) is 7.58.